The summed E-state index contributed by atoms with van der Waals surface area (Å²) in [7, 11) is 0. The Morgan fingerprint density at radius 3 is 1.27 bits per heavy atom. The molecule has 0 bridgehead atoms. The summed E-state index contributed by atoms with van der Waals surface area (Å²) in [6.45, 7) is 15.1. The molecule has 0 N–H and O–H groups in total. The smallest absolute Gasteiger partial charge is 0.333 e. The average molecular weight is 873 g/mol. The van der Waals surface area contributed by atoms with Gasteiger partial charge in [-0.25, -0.2) is 9.59 Å². The van der Waals surface area contributed by atoms with Crippen molar-refractivity contribution >= 4 is 60.0 Å². The number of nitrogens with zero attached hydrogens (tertiary/aromatic N) is 2. The highest BCUT2D eigenvalue weighted by Crippen LogP contribution is 2.57. The van der Waals surface area contributed by atoms with Gasteiger partial charge in [0.15, 0.2) is 0 Å². The van der Waals surface area contributed by atoms with Crippen LogP contribution in [0.1, 0.15) is 61.1 Å². The first kappa shape index (κ1) is 44.4. The molecular formula is C53H48N2O6S2. The number of hydrogen-bond acceptors (Lipinski definition) is 10. The van der Waals surface area contributed by atoms with Crippen molar-refractivity contribution in [3.8, 4) is 22.6 Å². The molecule has 1 aliphatic carbocycles. The number of fused-ring (bicyclic) bond motifs is 3. The van der Waals surface area contributed by atoms with E-state index in [-0.39, 0.29) is 26.4 Å². The van der Waals surface area contributed by atoms with Crippen LogP contribution < -0.4 is 9.47 Å². The molecule has 0 atom stereocenters. The Labute approximate surface area is 379 Å². The molecule has 0 saturated heterocycles. The summed E-state index contributed by atoms with van der Waals surface area (Å²) in [5.74, 6) is 0.452. The number of rotatable bonds is 16. The van der Waals surface area contributed by atoms with E-state index < -0.39 is 17.4 Å². The highest BCUT2D eigenvalue weighted by Gasteiger charge is 2.46. The summed E-state index contributed by atoms with van der Waals surface area (Å²) in [5, 5.41) is 0. The molecule has 1 aliphatic rings. The van der Waals surface area contributed by atoms with E-state index in [0.717, 1.165) is 54.8 Å². The SMILES string of the molecule is C=C(C)C(=O)OCCOc1ccc(C(C)=Nc2ccc(C3(c4ccc(N=C(C)c5ccc(OCCOC(=O)C(=C)C)cc5)c(S)c4)c4ccccc4-c4ccccc43)cc2S)cc1. The Morgan fingerprint density at radius 2 is 0.905 bits per heavy atom. The molecule has 8 nitrogen and oxygen atoms in total. The van der Waals surface area contributed by atoms with Crippen molar-refractivity contribution in [1.82, 2.24) is 0 Å². The zero-order valence-electron chi connectivity index (χ0n) is 35.7. The van der Waals surface area contributed by atoms with E-state index in [1.807, 2.05) is 74.5 Å². The third-order valence-corrected chi connectivity index (χ3v) is 11.5. The number of esters is 2. The van der Waals surface area contributed by atoms with Crippen LogP contribution in [0.3, 0.4) is 0 Å². The van der Waals surface area contributed by atoms with Gasteiger partial charge in [0.25, 0.3) is 0 Å². The Kier molecular flexibility index (Phi) is 13.8. The molecule has 63 heavy (non-hydrogen) atoms. The number of carbonyl (C=O) groups is 2. The van der Waals surface area contributed by atoms with Gasteiger partial charge in [0.2, 0.25) is 0 Å². The lowest BCUT2D eigenvalue weighted by Gasteiger charge is -2.34. The van der Waals surface area contributed by atoms with Gasteiger partial charge in [-0.05, 0) is 145 Å². The number of carbonyl (C=O) groups excluding carboxylic acids is 2. The lowest BCUT2D eigenvalue weighted by Crippen LogP contribution is -2.28. The van der Waals surface area contributed by atoms with Crippen molar-refractivity contribution in [3.63, 3.8) is 0 Å². The van der Waals surface area contributed by atoms with Crippen molar-refractivity contribution in [1.29, 1.82) is 0 Å². The fraction of sp³-hybridized carbons (Fsp3) is 0.170. The summed E-state index contributed by atoms with van der Waals surface area (Å²) < 4.78 is 21.7. The van der Waals surface area contributed by atoms with Gasteiger partial charge in [-0.3, -0.25) is 9.98 Å². The van der Waals surface area contributed by atoms with Crippen LogP contribution in [0.25, 0.3) is 11.1 Å². The number of ether oxygens (including phenoxy) is 4. The number of hydrogen-bond donors (Lipinski definition) is 2. The monoisotopic (exact) mass is 872 g/mol. The van der Waals surface area contributed by atoms with Crippen LogP contribution in [-0.4, -0.2) is 49.8 Å². The van der Waals surface area contributed by atoms with E-state index >= 15 is 0 Å². The average Bonchev–Trinajstić information content (AvgIpc) is 3.59. The summed E-state index contributed by atoms with van der Waals surface area (Å²) in [5.41, 5.74) is 11.8. The quantitative estimate of drug-likeness (QED) is 0.0330. The molecule has 6 aromatic carbocycles. The third-order valence-electron chi connectivity index (χ3n) is 10.8. The molecule has 10 heteroatoms. The standard InChI is InChI=1S/C53H48N2O6S2/c1-33(2)51(56)60-29-27-58-41-21-15-37(16-22-41)35(5)54-47-25-19-39(31-49(47)62)53(45-13-9-7-11-43(45)44-12-8-10-14-46(44)53)40-20-26-48(50(63)32-40)55-36(6)38-17-23-42(24-18-38)59-28-30-61-52(57)34(3)4/h7-26,31-32,62-63H,1,3,27-30H2,2,4-6H3. The molecule has 0 aromatic heterocycles. The van der Waals surface area contributed by atoms with Crippen LogP contribution in [0.4, 0.5) is 11.4 Å². The highest BCUT2D eigenvalue weighted by molar-refractivity contribution is 7.80. The number of aliphatic imine (C=N–C) groups is 2. The van der Waals surface area contributed by atoms with Crippen molar-refractivity contribution in [2.45, 2.75) is 42.9 Å². The second-order valence-corrected chi connectivity index (χ2v) is 16.2. The van der Waals surface area contributed by atoms with Crippen molar-refractivity contribution in [2.75, 3.05) is 26.4 Å². The van der Waals surface area contributed by atoms with E-state index in [1.54, 1.807) is 13.8 Å². The second-order valence-electron chi connectivity index (χ2n) is 15.2. The molecular weight excluding hydrogens is 825 g/mol. The Balaban J connectivity index is 1.16. The zero-order chi connectivity index (χ0) is 44.7. The maximum atomic E-state index is 11.6. The molecule has 0 amide bonds. The summed E-state index contributed by atoms with van der Waals surface area (Å²) >= 11 is 10.1. The fourth-order valence-electron chi connectivity index (χ4n) is 7.64. The summed E-state index contributed by atoms with van der Waals surface area (Å²) in [6, 6.07) is 45.1. The molecule has 318 valence electrons. The minimum absolute atomic E-state index is 0.136. The lowest BCUT2D eigenvalue weighted by atomic mass is 9.67. The van der Waals surface area contributed by atoms with Crippen LogP contribution in [-0.2, 0) is 24.5 Å². The van der Waals surface area contributed by atoms with E-state index in [2.05, 4.69) is 86.0 Å². The van der Waals surface area contributed by atoms with Crippen LogP contribution >= 0.6 is 25.3 Å². The van der Waals surface area contributed by atoms with Gasteiger partial charge in [-0.2, -0.15) is 0 Å². The molecule has 7 rings (SSSR count). The van der Waals surface area contributed by atoms with Crippen molar-refractivity contribution < 1.29 is 28.5 Å². The van der Waals surface area contributed by atoms with Gasteiger partial charge in [-0.1, -0.05) is 73.8 Å². The predicted molar refractivity (Wildman–Crippen MR) is 257 cm³/mol. The summed E-state index contributed by atoms with van der Waals surface area (Å²) in [6.07, 6.45) is 0. The fourth-order valence-corrected chi connectivity index (χ4v) is 8.16. The van der Waals surface area contributed by atoms with E-state index in [1.165, 1.54) is 22.3 Å². The maximum absolute atomic E-state index is 11.6. The molecule has 0 radical (unpaired) electrons. The van der Waals surface area contributed by atoms with E-state index in [4.69, 9.17) is 54.2 Å². The van der Waals surface area contributed by atoms with Crippen LogP contribution in [0, 0.1) is 0 Å². The summed E-state index contributed by atoms with van der Waals surface area (Å²) in [4.78, 5) is 34.8. The number of benzene rings is 6. The van der Waals surface area contributed by atoms with Gasteiger partial charge in [0, 0.05) is 32.4 Å². The highest BCUT2D eigenvalue weighted by atomic mass is 32.1. The van der Waals surface area contributed by atoms with Crippen molar-refractivity contribution in [2.24, 2.45) is 9.98 Å². The maximum Gasteiger partial charge on any atom is 0.333 e. The molecule has 0 heterocycles. The van der Waals surface area contributed by atoms with Gasteiger partial charge < -0.3 is 18.9 Å². The normalized spacial score (nSPS) is 12.8. The molecule has 6 aromatic rings. The van der Waals surface area contributed by atoms with Gasteiger partial charge >= 0.3 is 11.9 Å². The second kappa shape index (κ2) is 19.6. The molecule has 0 aliphatic heterocycles. The Bertz CT molecular complexity index is 2580. The van der Waals surface area contributed by atoms with Crippen LogP contribution in [0.2, 0.25) is 0 Å². The Morgan fingerprint density at radius 1 is 0.524 bits per heavy atom. The van der Waals surface area contributed by atoms with Gasteiger partial charge in [0.1, 0.15) is 37.9 Å². The van der Waals surface area contributed by atoms with Crippen LogP contribution in [0.15, 0.2) is 178 Å². The van der Waals surface area contributed by atoms with E-state index in [9.17, 15) is 9.59 Å². The van der Waals surface area contributed by atoms with E-state index in [0.29, 0.717) is 22.6 Å². The zero-order valence-corrected chi connectivity index (χ0v) is 37.5. The Hall–Kier alpha value is -6.62. The lowest BCUT2D eigenvalue weighted by molar-refractivity contribution is -0.140. The molecule has 0 saturated carbocycles. The molecule has 0 fully saturated rings. The van der Waals surface area contributed by atoms with Crippen molar-refractivity contribution in [3.05, 3.63) is 191 Å². The largest absolute Gasteiger partial charge is 0.490 e. The van der Waals surface area contributed by atoms with Gasteiger partial charge in [0.05, 0.1) is 16.8 Å². The number of thiol groups is 2. The van der Waals surface area contributed by atoms with Gasteiger partial charge in [-0.15, -0.1) is 25.3 Å². The molecule has 0 unspecified atom stereocenters. The minimum Gasteiger partial charge on any atom is -0.490 e. The van der Waals surface area contributed by atoms with Crippen LogP contribution in [0.5, 0.6) is 11.5 Å². The minimum atomic E-state index is -0.686. The third kappa shape index (κ3) is 9.73. The first-order valence-corrected chi connectivity index (χ1v) is 21.3. The first-order valence-electron chi connectivity index (χ1n) is 20.5. The topological polar surface area (TPSA) is 95.8 Å². The first-order chi connectivity index (χ1) is 30.4. The predicted octanol–water partition coefficient (Wildman–Crippen LogP) is 11.9. The molecule has 0 spiro atoms.